The number of fused-ring (bicyclic) bond motifs is 3. The van der Waals surface area contributed by atoms with Gasteiger partial charge in [0.15, 0.2) is 10.3 Å². The fraction of sp³-hybridized carbons (Fsp3) is 0.203. The molecule has 4 amide bonds. The molecule has 0 atom stereocenters. The fourth-order valence-electron chi connectivity index (χ4n) is 8.72. The molecule has 11 aromatic rings. The lowest BCUT2D eigenvalue weighted by molar-refractivity contribution is 0.0950. The number of amides is 4. The number of rotatable bonds is 15. The number of aryl methyl sites for hydroxylation is 1. The molecular formula is C64H66N14O4S7. The molecule has 7 heterocycles. The van der Waals surface area contributed by atoms with Gasteiger partial charge < -0.3 is 38.1 Å². The minimum atomic E-state index is -0.192. The zero-order valence-corrected chi connectivity index (χ0v) is 54.2. The van der Waals surface area contributed by atoms with Crippen molar-refractivity contribution in [3.8, 4) is 0 Å². The van der Waals surface area contributed by atoms with Crippen molar-refractivity contribution in [2.75, 3.05) is 51.5 Å². The molecule has 4 aromatic carbocycles. The maximum atomic E-state index is 11.8. The van der Waals surface area contributed by atoms with Gasteiger partial charge in [-0.1, -0.05) is 96.4 Å². The minimum absolute atomic E-state index is 0. The van der Waals surface area contributed by atoms with Crippen molar-refractivity contribution in [3.05, 3.63) is 180 Å². The van der Waals surface area contributed by atoms with Crippen LogP contribution in [0.4, 0.5) is 16.0 Å². The average Bonchev–Trinajstić information content (AvgIpc) is 2.97. The Bertz CT molecular complexity index is 4080. The molecule has 1 aliphatic rings. The van der Waals surface area contributed by atoms with E-state index < -0.39 is 0 Å². The van der Waals surface area contributed by atoms with Crippen LogP contribution in [0.25, 0.3) is 30.6 Å². The number of nitrogens with two attached hydrogens (primary N) is 2. The molecule has 458 valence electrons. The molecule has 12 rings (SSSR count). The first-order valence-electron chi connectivity index (χ1n) is 27.7. The Kier molecular flexibility index (Phi) is 24.7. The first-order chi connectivity index (χ1) is 42.7. The number of hydrogen-bond acceptors (Lipinski definition) is 21. The second kappa shape index (κ2) is 32.9. The highest BCUT2D eigenvalue weighted by Crippen LogP contribution is 2.37. The second-order valence-electron chi connectivity index (χ2n) is 19.4. The number of thiazole rings is 3. The van der Waals surface area contributed by atoms with Crippen LogP contribution in [-0.2, 0) is 0 Å². The van der Waals surface area contributed by atoms with E-state index >= 15 is 0 Å². The van der Waals surface area contributed by atoms with Gasteiger partial charge in [0.2, 0.25) is 0 Å². The molecule has 0 spiro atoms. The number of nitrogens with one attached hydrogen (secondary N) is 5. The maximum Gasteiger partial charge on any atom is 0.269 e. The van der Waals surface area contributed by atoms with Crippen LogP contribution in [0.1, 0.15) is 86.5 Å². The smallest absolute Gasteiger partial charge is 0.269 e. The van der Waals surface area contributed by atoms with E-state index in [1.807, 2.05) is 91.9 Å². The van der Waals surface area contributed by atoms with E-state index in [0.717, 1.165) is 88.7 Å². The van der Waals surface area contributed by atoms with Gasteiger partial charge in [0, 0.05) is 104 Å². The van der Waals surface area contributed by atoms with Crippen molar-refractivity contribution >= 4 is 151 Å². The molecule has 1 saturated carbocycles. The zero-order chi connectivity index (χ0) is 61.9. The molecule has 0 saturated heterocycles. The van der Waals surface area contributed by atoms with Gasteiger partial charge in [0.25, 0.3) is 23.6 Å². The minimum Gasteiger partial charge on any atom is -0.399 e. The van der Waals surface area contributed by atoms with Crippen LogP contribution in [0.5, 0.6) is 0 Å². The number of carbonyl (C=O) groups is 4. The second-order valence-corrected chi connectivity index (χ2v) is 27.3. The summed E-state index contributed by atoms with van der Waals surface area (Å²) >= 11 is 11.2. The van der Waals surface area contributed by atoms with E-state index in [4.69, 9.17) is 16.5 Å². The molecule has 0 unspecified atom stereocenters. The first-order valence-corrected chi connectivity index (χ1v) is 33.4. The zero-order valence-electron chi connectivity index (χ0n) is 48.5. The molecule has 18 nitrogen and oxygen atoms in total. The topological polar surface area (TPSA) is 271 Å². The molecule has 1 aliphatic carbocycles. The molecule has 0 radical (unpaired) electrons. The number of carbonyl (C=O) groups excluding carboxylic acids is 4. The molecule has 0 bridgehead atoms. The highest BCUT2D eigenvalue weighted by atomic mass is 32.2. The van der Waals surface area contributed by atoms with Crippen molar-refractivity contribution in [2.24, 2.45) is 5.92 Å². The molecule has 25 heteroatoms. The number of anilines is 3. The van der Waals surface area contributed by atoms with Crippen LogP contribution in [0.3, 0.4) is 0 Å². The summed E-state index contributed by atoms with van der Waals surface area (Å²) in [5.41, 5.74) is 16.7. The third kappa shape index (κ3) is 19.4. The SMILES string of the molecule is C.CNC(=O)c1cc(Sc2ccc(N)cc2)ccn1.CNC(=O)c1cc(Sc2ccc3nc(C)sc3c2)ccn1.CNC(=O)c1cc(Sc2ccc3nc(N)sc3c2)ccn1.CNC(=O)c1cc(Sc2ccc3nc(NCC4CCCCC4)sc3c2)ccn1. The van der Waals surface area contributed by atoms with Gasteiger partial charge in [-0.2, -0.15) is 0 Å². The third-order valence-corrected chi connectivity index (χ3v) is 19.7. The number of nitrogen functional groups attached to an aromatic ring is 2. The highest BCUT2D eigenvalue weighted by molar-refractivity contribution is 8.00. The van der Waals surface area contributed by atoms with E-state index in [0.29, 0.717) is 27.9 Å². The largest absolute Gasteiger partial charge is 0.399 e. The summed E-state index contributed by atoms with van der Waals surface area (Å²) in [7, 11) is 6.39. The van der Waals surface area contributed by atoms with E-state index in [1.54, 1.807) is 141 Å². The first kappa shape index (κ1) is 66.8. The molecule has 89 heavy (non-hydrogen) atoms. The Morgan fingerprint density at radius 2 is 0.809 bits per heavy atom. The maximum absolute atomic E-state index is 11.8. The van der Waals surface area contributed by atoms with Gasteiger partial charge in [-0.05, 0) is 153 Å². The van der Waals surface area contributed by atoms with Gasteiger partial charge >= 0.3 is 0 Å². The lowest BCUT2D eigenvalue weighted by atomic mass is 9.89. The van der Waals surface area contributed by atoms with Crippen LogP contribution >= 0.6 is 81.1 Å². The molecule has 9 N–H and O–H groups in total. The summed E-state index contributed by atoms with van der Waals surface area (Å²) < 4.78 is 3.41. The van der Waals surface area contributed by atoms with Gasteiger partial charge in [0.1, 0.15) is 22.8 Å². The van der Waals surface area contributed by atoms with Gasteiger partial charge in [-0.25, -0.2) is 15.0 Å². The van der Waals surface area contributed by atoms with E-state index in [-0.39, 0.29) is 31.1 Å². The predicted octanol–water partition coefficient (Wildman–Crippen LogP) is 14.3. The Morgan fingerprint density at radius 3 is 1.24 bits per heavy atom. The van der Waals surface area contributed by atoms with E-state index in [1.165, 1.54) is 52.8 Å². The third-order valence-electron chi connectivity index (χ3n) is 13.1. The van der Waals surface area contributed by atoms with Crippen molar-refractivity contribution < 1.29 is 19.2 Å². The van der Waals surface area contributed by atoms with Crippen molar-refractivity contribution in [1.82, 2.24) is 56.2 Å². The van der Waals surface area contributed by atoms with Crippen LogP contribution < -0.4 is 38.1 Å². The predicted molar refractivity (Wildman–Crippen MR) is 368 cm³/mol. The standard InChI is InChI=1S/C21H24N4OS2.C15H13N3OS2.C14H12N4OS2.C13H13N3OS.CH4/c1-22-20(26)18-11-16(9-10-23-18)27-15-7-8-17-19(12-15)28-21(25-17)24-13-14-5-3-2-4-6-14;1-9-18-12-4-3-10(8-14(12)20-9)21-11-5-6-17-13(7-11)15(19)16-2;1-16-13(19)11-6-9(4-5-17-11)20-8-2-3-10-12(7-8)21-14(15)18-10;1-15-13(17)12-8-11(6-7-16-12)18-10-4-2-9(14)3-5-10;/h7-12,14H,2-6,13H2,1H3,(H,22,26)(H,24,25);3-8H,1-2H3,(H,16,19);2-7H,1H3,(H2,15,18)(H,16,19);2-8H,14H2,1H3,(H,15,17);1H4. The van der Waals surface area contributed by atoms with Crippen LogP contribution in [0, 0.1) is 12.8 Å². The number of hydrogen-bond donors (Lipinski definition) is 7. The Balaban J connectivity index is 0.000000155. The van der Waals surface area contributed by atoms with Crippen molar-refractivity contribution in [3.63, 3.8) is 0 Å². The summed E-state index contributed by atoms with van der Waals surface area (Å²) in [4.78, 5) is 84.4. The Labute approximate surface area is 545 Å². The number of benzene rings is 4. The van der Waals surface area contributed by atoms with E-state index in [2.05, 4.69) is 80.8 Å². The molecule has 1 fully saturated rings. The molecule has 0 aliphatic heterocycles. The molecule has 7 aromatic heterocycles. The number of nitrogens with zero attached hydrogens (tertiary/aromatic N) is 7. The van der Waals surface area contributed by atoms with Crippen molar-refractivity contribution in [2.45, 2.75) is 85.6 Å². The van der Waals surface area contributed by atoms with Crippen molar-refractivity contribution in [1.29, 1.82) is 0 Å². The highest BCUT2D eigenvalue weighted by Gasteiger charge is 2.16. The lowest BCUT2D eigenvalue weighted by Crippen LogP contribution is -2.18. The summed E-state index contributed by atoms with van der Waals surface area (Å²) in [6.45, 7) is 3.04. The summed E-state index contributed by atoms with van der Waals surface area (Å²) in [6, 6.07) is 40.8. The van der Waals surface area contributed by atoms with Crippen LogP contribution in [0.2, 0.25) is 0 Å². The number of aromatic nitrogens is 7. The fourth-order valence-corrected chi connectivity index (χ4v) is 15.0. The number of pyridine rings is 4. The monoisotopic (exact) mass is 1320 g/mol. The molecular weight excluding hydrogens is 1250 g/mol. The van der Waals surface area contributed by atoms with Gasteiger partial charge in [-0.3, -0.25) is 39.1 Å². The summed E-state index contributed by atoms with van der Waals surface area (Å²) in [6.07, 6.45) is 13.4. The van der Waals surface area contributed by atoms with Gasteiger partial charge in [-0.15, -0.1) is 11.3 Å². The Hall–Kier alpha value is -8.17. The van der Waals surface area contributed by atoms with E-state index in [9.17, 15) is 19.2 Å². The van der Waals surface area contributed by atoms with Crippen LogP contribution in [0.15, 0.2) is 191 Å². The normalized spacial score (nSPS) is 11.8. The van der Waals surface area contributed by atoms with Crippen LogP contribution in [-0.4, -0.2) is 93.3 Å². The average molecular weight is 1320 g/mol. The quantitative estimate of drug-likeness (QED) is 0.0470. The summed E-state index contributed by atoms with van der Waals surface area (Å²) in [5.74, 6) is 0.0611. The lowest BCUT2D eigenvalue weighted by Gasteiger charge is -2.21. The Morgan fingerprint density at radius 1 is 0.449 bits per heavy atom. The van der Waals surface area contributed by atoms with Gasteiger partial charge in [0.05, 0.1) is 35.7 Å². The summed E-state index contributed by atoms with van der Waals surface area (Å²) in [5, 5.41) is 16.5.